The van der Waals surface area contributed by atoms with Gasteiger partial charge in [-0.05, 0) is 45.5 Å². The van der Waals surface area contributed by atoms with Crippen molar-refractivity contribution in [2.45, 2.75) is 0 Å². The van der Waals surface area contributed by atoms with E-state index in [0.29, 0.717) is 0 Å². The second kappa shape index (κ2) is 5.85. The second-order valence-electron chi connectivity index (χ2n) is 7.09. The van der Waals surface area contributed by atoms with Gasteiger partial charge in [0, 0.05) is 16.2 Å². The molecular formula is C26H15ClO. The van der Waals surface area contributed by atoms with Crippen LogP contribution in [0.15, 0.2) is 95.4 Å². The van der Waals surface area contributed by atoms with Gasteiger partial charge in [-0.25, -0.2) is 0 Å². The van der Waals surface area contributed by atoms with Crippen LogP contribution in [0.3, 0.4) is 0 Å². The number of benzene rings is 5. The van der Waals surface area contributed by atoms with Crippen molar-refractivity contribution < 1.29 is 4.42 Å². The molecule has 0 amide bonds. The first-order chi connectivity index (χ1) is 13.8. The first-order valence-corrected chi connectivity index (χ1v) is 9.70. The standard InChI is InChI=1S/C26H15ClO/c27-23-13-6-14-24-25(23)22-15-21(19-10-3-4-11-20(19)26(22)28-24)18-12-5-8-16-7-1-2-9-17(16)18/h1-15H. The Balaban J connectivity index is 1.85. The van der Waals surface area contributed by atoms with Crippen molar-refractivity contribution >= 4 is 55.1 Å². The van der Waals surface area contributed by atoms with Crippen molar-refractivity contribution in [3.8, 4) is 11.1 Å². The van der Waals surface area contributed by atoms with Gasteiger partial charge in [0.15, 0.2) is 0 Å². The van der Waals surface area contributed by atoms with Gasteiger partial charge < -0.3 is 4.42 Å². The Kier molecular flexibility index (Phi) is 3.29. The Morgan fingerprint density at radius 3 is 2.18 bits per heavy atom. The third-order valence-corrected chi connectivity index (χ3v) is 5.85. The smallest absolute Gasteiger partial charge is 0.143 e. The summed E-state index contributed by atoms with van der Waals surface area (Å²) in [5.41, 5.74) is 4.13. The van der Waals surface area contributed by atoms with Gasteiger partial charge in [0.25, 0.3) is 0 Å². The lowest BCUT2D eigenvalue weighted by Crippen LogP contribution is -1.85. The number of furan rings is 1. The first-order valence-electron chi connectivity index (χ1n) is 9.32. The number of rotatable bonds is 1. The molecule has 1 heterocycles. The lowest BCUT2D eigenvalue weighted by atomic mass is 9.92. The molecule has 0 fully saturated rings. The zero-order chi connectivity index (χ0) is 18.7. The molecule has 5 aromatic carbocycles. The molecule has 0 aliphatic rings. The Bertz CT molecular complexity index is 1520. The largest absolute Gasteiger partial charge is 0.455 e. The molecule has 0 N–H and O–H groups in total. The monoisotopic (exact) mass is 378 g/mol. The van der Waals surface area contributed by atoms with E-state index in [1.54, 1.807) is 0 Å². The van der Waals surface area contributed by atoms with E-state index in [0.717, 1.165) is 32.3 Å². The minimum absolute atomic E-state index is 0.718. The van der Waals surface area contributed by atoms with Crippen LogP contribution in [-0.2, 0) is 0 Å². The fourth-order valence-corrected chi connectivity index (χ4v) is 4.56. The second-order valence-corrected chi connectivity index (χ2v) is 7.50. The van der Waals surface area contributed by atoms with Crippen LogP contribution >= 0.6 is 11.6 Å². The van der Waals surface area contributed by atoms with Crippen molar-refractivity contribution in [3.05, 3.63) is 96.0 Å². The minimum atomic E-state index is 0.718. The molecule has 0 bridgehead atoms. The molecule has 2 heteroatoms. The molecular weight excluding hydrogens is 364 g/mol. The molecule has 0 unspecified atom stereocenters. The molecule has 0 radical (unpaired) electrons. The highest BCUT2D eigenvalue weighted by atomic mass is 35.5. The Morgan fingerprint density at radius 2 is 1.29 bits per heavy atom. The lowest BCUT2D eigenvalue weighted by Gasteiger charge is -2.11. The first kappa shape index (κ1) is 15.7. The fraction of sp³-hybridized carbons (Fsp3) is 0. The molecule has 0 saturated heterocycles. The maximum atomic E-state index is 6.56. The number of fused-ring (bicyclic) bond motifs is 6. The lowest BCUT2D eigenvalue weighted by molar-refractivity contribution is 0.672. The van der Waals surface area contributed by atoms with Gasteiger partial charge in [-0.2, -0.15) is 0 Å². The quantitative estimate of drug-likeness (QED) is 0.281. The van der Waals surface area contributed by atoms with Crippen LogP contribution in [0.25, 0.3) is 54.6 Å². The Labute approximate surface area is 166 Å². The summed E-state index contributed by atoms with van der Waals surface area (Å²) in [6, 6.07) is 31.5. The molecule has 0 atom stereocenters. The fourth-order valence-electron chi connectivity index (χ4n) is 4.29. The van der Waals surface area contributed by atoms with Gasteiger partial charge in [-0.15, -0.1) is 0 Å². The minimum Gasteiger partial charge on any atom is -0.455 e. The molecule has 1 aromatic heterocycles. The van der Waals surface area contributed by atoms with Crippen molar-refractivity contribution in [2.24, 2.45) is 0 Å². The summed E-state index contributed by atoms with van der Waals surface area (Å²) in [6.45, 7) is 0. The highest BCUT2D eigenvalue weighted by Crippen LogP contribution is 2.42. The third kappa shape index (κ3) is 2.14. The summed E-state index contributed by atoms with van der Waals surface area (Å²) in [7, 11) is 0. The molecule has 132 valence electrons. The summed E-state index contributed by atoms with van der Waals surface area (Å²) in [4.78, 5) is 0. The molecule has 0 aliphatic heterocycles. The summed E-state index contributed by atoms with van der Waals surface area (Å²) in [6.07, 6.45) is 0. The van der Waals surface area contributed by atoms with Crippen molar-refractivity contribution in [1.29, 1.82) is 0 Å². The third-order valence-electron chi connectivity index (χ3n) is 5.53. The predicted molar refractivity (Wildman–Crippen MR) is 119 cm³/mol. The zero-order valence-electron chi connectivity index (χ0n) is 14.9. The molecule has 0 aliphatic carbocycles. The Morgan fingerprint density at radius 1 is 0.571 bits per heavy atom. The van der Waals surface area contributed by atoms with Crippen LogP contribution in [0, 0.1) is 0 Å². The van der Waals surface area contributed by atoms with Gasteiger partial charge in [0.05, 0.1) is 5.02 Å². The van der Waals surface area contributed by atoms with Crippen LogP contribution in [0.5, 0.6) is 0 Å². The zero-order valence-corrected chi connectivity index (χ0v) is 15.7. The van der Waals surface area contributed by atoms with E-state index in [1.807, 2.05) is 18.2 Å². The van der Waals surface area contributed by atoms with Crippen LogP contribution in [-0.4, -0.2) is 0 Å². The van der Waals surface area contributed by atoms with Crippen molar-refractivity contribution in [3.63, 3.8) is 0 Å². The van der Waals surface area contributed by atoms with E-state index < -0.39 is 0 Å². The average Bonchev–Trinajstić information content (AvgIpc) is 3.13. The van der Waals surface area contributed by atoms with Crippen LogP contribution in [0.1, 0.15) is 0 Å². The van der Waals surface area contributed by atoms with Gasteiger partial charge >= 0.3 is 0 Å². The van der Waals surface area contributed by atoms with E-state index >= 15 is 0 Å². The van der Waals surface area contributed by atoms with Crippen LogP contribution in [0.2, 0.25) is 5.02 Å². The van der Waals surface area contributed by atoms with Crippen LogP contribution in [0.4, 0.5) is 0 Å². The predicted octanol–water partition coefficient (Wildman–Crippen LogP) is 8.21. The molecule has 0 saturated carbocycles. The van der Waals surface area contributed by atoms with E-state index in [9.17, 15) is 0 Å². The maximum absolute atomic E-state index is 6.56. The summed E-state index contributed by atoms with van der Waals surface area (Å²) in [5, 5.41) is 7.52. The highest BCUT2D eigenvalue weighted by Gasteiger charge is 2.17. The average molecular weight is 379 g/mol. The summed E-state index contributed by atoms with van der Waals surface area (Å²) >= 11 is 6.56. The van der Waals surface area contributed by atoms with E-state index in [4.69, 9.17) is 16.0 Å². The van der Waals surface area contributed by atoms with Gasteiger partial charge in [-0.1, -0.05) is 84.4 Å². The summed E-state index contributed by atoms with van der Waals surface area (Å²) in [5.74, 6) is 0. The number of hydrogen-bond donors (Lipinski definition) is 0. The molecule has 0 spiro atoms. The normalized spacial score (nSPS) is 11.8. The molecule has 6 aromatic rings. The maximum Gasteiger partial charge on any atom is 0.143 e. The molecule has 1 nitrogen and oxygen atoms in total. The van der Waals surface area contributed by atoms with Gasteiger partial charge in [0.2, 0.25) is 0 Å². The van der Waals surface area contributed by atoms with Gasteiger partial charge in [-0.3, -0.25) is 0 Å². The summed E-state index contributed by atoms with van der Waals surface area (Å²) < 4.78 is 6.24. The van der Waals surface area contributed by atoms with E-state index in [1.165, 1.54) is 27.3 Å². The van der Waals surface area contributed by atoms with Gasteiger partial charge in [0.1, 0.15) is 11.2 Å². The Hall–Kier alpha value is -3.29. The van der Waals surface area contributed by atoms with Crippen LogP contribution < -0.4 is 0 Å². The van der Waals surface area contributed by atoms with E-state index in [-0.39, 0.29) is 0 Å². The molecule has 6 rings (SSSR count). The SMILES string of the molecule is Clc1cccc2oc3c4ccccc4c(-c4cccc5ccccc45)cc3c12. The number of hydrogen-bond acceptors (Lipinski definition) is 1. The van der Waals surface area contributed by atoms with E-state index in [2.05, 4.69) is 72.8 Å². The molecule has 28 heavy (non-hydrogen) atoms. The van der Waals surface area contributed by atoms with Crippen molar-refractivity contribution in [1.82, 2.24) is 0 Å². The van der Waals surface area contributed by atoms with Crippen molar-refractivity contribution in [2.75, 3.05) is 0 Å². The highest BCUT2D eigenvalue weighted by molar-refractivity contribution is 6.38. The number of halogens is 1. The topological polar surface area (TPSA) is 13.1 Å².